The molecule has 4 heteroatoms. The third kappa shape index (κ3) is 3.40. The number of hydrogen-bond acceptors (Lipinski definition) is 4. The minimum absolute atomic E-state index is 0.549. The van der Waals surface area contributed by atoms with Gasteiger partial charge in [0.25, 0.3) is 0 Å². The van der Waals surface area contributed by atoms with Gasteiger partial charge in [-0.3, -0.25) is 9.88 Å². The zero-order valence-corrected chi connectivity index (χ0v) is 12.3. The van der Waals surface area contributed by atoms with E-state index >= 15 is 0 Å². The fourth-order valence-electron chi connectivity index (χ4n) is 2.87. The Hall–Kier alpha value is -1.91. The third-order valence-corrected chi connectivity index (χ3v) is 4.06. The van der Waals surface area contributed by atoms with Crippen LogP contribution in [0.15, 0.2) is 48.8 Å². The van der Waals surface area contributed by atoms with Crippen LogP contribution in [-0.4, -0.2) is 36.1 Å². The molecule has 1 fully saturated rings. The van der Waals surface area contributed by atoms with E-state index in [1.54, 1.807) is 0 Å². The van der Waals surface area contributed by atoms with Crippen molar-refractivity contribution >= 4 is 5.69 Å². The molecule has 1 aliphatic rings. The summed E-state index contributed by atoms with van der Waals surface area (Å²) >= 11 is 0. The lowest BCUT2D eigenvalue weighted by molar-refractivity contribution is 0.249. The smallest absolute Gasteiger partial charge is 0.0443 e. The van der Waals surface area contributed by atoms with E-state index in [1.807, 2.05) is 12.4 Å². The van der Waals surface area contributed by atoms with Crippen LogP contribution < -0.4 is 10.6 Å². The van der Waals surface area contributed by atoms with E-state index < -0.39 is 0 Å². The van der Waals surface area contributed by atoms with E-state index in [2.05, 4.69) is 51.2 Å². The van der Waals surface area contributed by atoms with E-state index in [0.29, 0.717) is 6.54 Å². The molecule has 0 radical (unpaired) electrons. The number of nitrogens with two attached hydrogens (primary N) is 1. The highest BCUT2D eigenvalue weighted by molar-refractivity contribution is 5.52. The summed E-state index contributed by atoms with van der Waals surface area (Å²) in [5.41, 5.74) is 9.57. The minimum Gasteiger partial charge on any atom is -0.369 e. The molecule has 0 bridgehead atoms. The maximum Gasteiger partial charge on any atom is 0.0443 e. The number of benzene rings is 1. The zero-order valence-electron chi connectivity index (χ0n) is 12.3. The normalized spacial score (nSPS) is 16.1. The summed E-state index contributed by atoms with van der Waals surface area (Å²) < 4.78 is 0. The molecule has 0 spiro atoms. The minimum atomic E-state index is 0.549. The van der Waals surface area contributed by atoms with Crippen molar-refractivity contribution in [2.24, 2.45) is 5.73 Å². The summed E-state index contributed by atoms with van der Waals surface area (Å²) in [6.07, 6.45) is 3.73. The first-order valence-corrected chi connectivity index (χ1v) is 7.51. The average Bonchev–Trinajstić information content (AvgIpc) is 2.56. The van der Waals surface area contributed by atoms with Gasteiger partial charge < -0.3 is 10.6 Å². The van der Waals surface area contributed by atoms with Crippen LogP contribution in [0.1, 0.15) is 11.1 Å². The molecule has 4 nitrogen and oxygen atoms in total. The number of pyridine rings is 1. The van der Waals surface area contributed by atoms with Gasteiger partial charge in [0.15, 0.2) is 0 Å². The highest BCUT2D eigenvalue weighted by Gasteiger charge is 2.18. The largest absolute Gasteiger partial charge is 0.369 e. The lowest BCUT2D eigenvalue weighted by atomic mass is 10.1. The van der Waals surface area contributed by atoms with Gasteiger partial charge in [-0.25, -0.2) is 0 Å². The fraction of sp³-hybridized carbons (Fsp3) is 0.353. The SMILES string of the molecule is NCc1cnccc1N1CCN(Cc2ccccc2)CC1. The van der Waals surface area contributed by atoms with E-state index in [4.69, 9.17) is 5.73 Å². The van der Waals surface area contributed by atoms with Crippen LogP contribution in [-0.2, 0) is 13.1 Å². The predicted octanol–water partition coefficient (Wildman–Crippen LogP) is 1.86. The number of anilines is 1. The molecule has 0 unspecified atom stereocenters. The Morgan fingerprint density at radius 2 is 1.76 bits per heavy atom. The molecule has 2 heterocycles. The van der Waals surface area contributed by atoms with E-state index in [0.717, 1.165) is 38.3 Å². The second-order valence-corrected chi connectivity index (χ2v) is 5.46. The van der Waals surface area contributed by atoms with Crippen LogP contribution in [0.25, 0.3) is 0 Å². The van der Waals surface area contributed by atoms with Crippen molar-refractivity contribution in [3.8, 4) is 0 Å². The van der Waals surface area contributed by atoms with E-state index in [9.17, 15) is 0 Å². The standard InChI is InChI=1S/C17H22N4/c18-12-16-13-19-7-6-17(16)21-10-8-20(9-11-21)14-15-4-2-1-3-5-15/h1-7,13H,8-12,14,18H2. The lowest BCUT2D eigenvalue weighted by Gasteiger charge is -2.36. The molecular formula is C17H22N4. The monoisotopic (exact) mass is 282 g/mol. The van der Waals surface area contributed by atoms with Crippen LogP contribution >= 0.6 is 0 Å². The van der Waals surface area contributed by atoms with Gasteiger partial charge in [-0.15, -0.1) is 0 Å². The summed E-state index contributed by atoms with van der Waals surface area (Å²) in [6.45, 7) is 5.85. The molecule has 1 aromatic heterocycles. The molecule has 0 aliphatic carbocycles. The van der Waals surface area contributed by atoms with Crippen molar-refractivity contribution in [2.45, 2.75) is 13.1 Å². The molecule has 110 valence electrons. The Morgan fingerprint density at radius 3 is 2.48 bits per heavy atom. The quantitative estimate of drug-likeness (QED) is 0.930. The number of hydrogen-bond donors (Lipinski definition) is 1. The average molecular weight is 282 g/mol. The number of aromatic nitrogens is 1. The van der Waals surface area contributed by atoms with Gasteiger partial charge >= 0.3 is 0 Å². The summed E-state index contributed by atoms with van der Waals surface area (Å²) in [6, 6.07) is 12.8. The van der Waals surface area contributed by atoms with Gasteiger partial charge in [0, 0.05) is 62.9 Å². The van der Waals surface area contributed by atoms with Gasteiger partial charge in [-0.1, -0.05) is 30.3 Å². The van der Waals surface area contributed by atoms with E-state index in [-0.39, 0.29) is 0 Å². The van der Waals surface area contributed by atoms with Crippen molar-refractivity contribution in [1.82, 2.24) is 9.88 Å². The third-order valence-electron chi connectivity index (χ3n) is 4.06. The number of piperazine rings is 1. The second-order valence-electron chi connectivity index (χ2n) is 5.46. The molecular weight excluding hydrogens is 260 g/mol. The summed E-state index contributed by atoms with van der Waals surface area (Å²) in [7, 11) is 0. The van der Waals surface area contributed by atoms with Crippen LogP contribution in [0.5, 0.6) is 0 Å². The first-order chi connectivity index (χ1) is 10.4. The van der Waals surface area contributed by atoms with Gasteiger partial charge in [0.1, 0.15) is 0 Å². The highest BCUT2D eigenvalue weighted by Crippen LogP contribution is 2.21. The molecule has 3 rings (SSSR count). The Bertz CT molecular complexity index is 562. The molecule has 1 aromatic carbocycles. The van der Waals surface area contributed by atoms with Gasteiger partial charge in [0.05, 0.1) is 0 Å². The summed E-state index contributed by atoms with van der Waals surface area (Å²) in [5.74, 6) is 0. The summed E-state index contributed by atoms with van der Waals surface area (Å²) in [4.78, 5) is 9.10. The van der Waals surface area contributed by atoms with Crippen molar-refractivity contribution in [1.29, 1.82) is 0 Å². The van der Waals surface area contributed by atoms with Crippen molar-refractivity contribution < 1.29 is 0 Å². The summed E-state index contributed by atoms with van der Waals surface area (Å²) in [5, 5.41) is 0. The Kier molecular flexibility index (Phi) is 4.48. The molecule has 2 aromatic rings. The topological polar surface area (TPSA) is 45.4 Å². The molecule has 0 amide bonds. The van der Waals surface area contributed by atoms with Gasteiger partial charge in [-0.2, -0.15) is 0 Å². The Morgan fingerprint density at radius 1 is 1.00 bits per heavy atom. The van der Waals surface area contributed by atoms with Crippen LogP contribution in [0.4, 0.5) is 5.69 Å². The molecule has 1 saturated heterocycles. The molecule has 2 N–H and O–H groups in total. The zero-order chi connectivity index (χ0) is 14.5. The first kappa shape index (κ1) is 14.0. The molecule has 21 heavy (non-hydrogen) atoms. The molecule has 0 atom stereocenters. The predicted molar refractivity (Wildman–Crippen MR) is 86.1 cm³/mol. The lowest BCUT2D eigenvalue weighted by Crippen LogP contribution is -2.46. The van der Waals surface area contributed by atoms with Crippen molar-refractivity contribution in [3.05, 3.63) is 59.9 Å². The fourth-order valence-corrected chi connectivity index (χ4v) is 2.87. The van der Waals surface area contributed by atoms with Crippen LogP contribution in [0.3, 0.4) is 0 Å². The highest BCUT2D eigenvalue weighted by atomic mass is 15.3. The van der Waals surface area contributed by atoms with Gasteiger partial charge in [-0.05, 0) is 11.6 Å². The number of nitrogens with zero attached hydrogens (tertiary/aromatic N) is 3. The van der Waals surface area contributed by atoms with Crippen molar-refractivity contribution in [3.63, 3.8) is 0 Å². The Balaban J connectivity index is 1.60. The maximum absolute atomic E-state index is 5.81. The van der Waals surface area contributed by atoms with Crippen LogP contribution in [0.2, 0.25) is 0 Å². The Labute approximate surface area is 126 Å². The van der Waals surface area contributed by atoms with Crippen molar-refractivity contribution in [2.75, 3.05) is 31.1 Å². The van der Waals surface area contributed by atoms with Gasteiger partial charge in [0.2, 0.25) is 0 Å². The second kappa shape index (κ2) is 6.70. The molecule has 0 saturated carbocycles. The maximum atomic E-state index is 5.81. The number of rotatable bonds is 4. The molecule has 1 aliphatic heterocycles. The van der Waals surface area contributed by atoms with E-state index in [1.165, 1.54) is 11.3 Å². The van der Waals surface area contributed by atoms with Crippen LogP contribution in [0, 0.1) is 0 Å². The first-order valence-electron chi connectivity index (χ1n) is 7.51.